The number of Topliss-reactive ketones (excluding diaryl/α,β-unsaturated/α-hetero) is 4. The van der Waals surface area contributed by atoms with E-state index in [1.54, 1.807) is 123 Å². The van der Waals surface area contributed by atoms with Gasteiger partial charge in [0.2, 0.25) is 0 Å². The number of hydrogen-bond donors (Lipinski definition) is 0. The fourth-order valence-corrected chi connectivity index (χ4v) is 11.8. The number of nitrogens with zero attached hydrogens (tertiary/aromatic N) is 8. The molecule has 26 heteroatoms. The van der Waals surface area contributed by atoms with Gasteiger partial charge in [-0.25, -0.2) is 27.5 Å². The standard InChI is InChI=1S/C30H21F2N3O4.C27H19BrF2N2O3.C9H14BNO3.C8H4BrClN2/c31-21-4-1-18(2-5-21)12-28(36)30(8-9-30)29(37)13-19-3-6-27(23(32)11-19)39-26-7-10-33-25-14-24(34-16-22(25)26)20-15-35-38-17-20;28-26-14-21-19(15-32-26)22(7-10-31-21)35-23-6-3-17(11-20(23)30)13-25(34)27(8-9-27)24(33)12-16-1-4-18(29)5-2-16;1-8(2)9(3,4)14-10(13-8)7-5-11-12-6-7;9-8-3-7-5(4-12-8)6(10)1-2-11-7/h1-7,10-11,14-17H,8-9,12-13H2;1-7,10-11,14-15H,8-9,12-13H2;5-6H,1-4H3;1-4H. The first kappa shape index (κ1) is 70.1. The zero-order chi connectivity index (χ0) is 70.5. The maximum atomic E-state index is 15.0. The monoisotopic (exact) mass is 1500 g/mol. The second-order valence-corrected chi connectivity index (χ2v) is 27.1. The van der Waals surface area contributed by atoms with Crippen LogP contribution < -0.4 is 14.9 Å². The van der Waals surface area contributed by atoms with Crippen LogP contribution in [0.15, 0.2) is 202 Å². The summed E-state index contributed by atoms with van der Waals surface area (Å²) in [5, 5.41) is 10.1. The molecular weight excluding hydrogens is 1440 g/mol. The second kappa shape index (κ2) is 29.6. The van der Waals surface area contributed by atoms with Gasteiger partial charge in [0.15, 0.2) is 46.3 Å². The summed E-state index contributed by atoms with van der Waals surface area (Å²) in [4.78, 5) is 77.2. The van der Waals surface area contributed by atoms with Crippen LogP contribution in [0.3, 0.4) is 0 Å². The van der Waals surface area contributed by atoms with E-state index >= 15 is 4.39 Å². The molecule has 3 fully saturated rings. The molecule has 0 radical (unpaired) electrons. The average molecular weight is 1500 g/mol. The van der Waals surface area contributed by atoms with Gasteiger partial charge < -0.3 is 27.8 Å². The Hall–Kier alpha value is -9.79. The molecule has 8 aromatic heterocycles. The first-order chi connectivity index (χ1) is 47.9. The largest absolute Gasteiger partial charge is 0.499 e. The third-order valence-corrected chi connectivity index (χ3v) is 18.9. The van der Waals surface area contributed by atoms with Crippen LogP contribution in [-0.2, 0) is 54.2 Å². The highest BCUT2D eigenvalue weighted by atomic mass is 79.9. The maximum absolute atomic E-state index is 15.0. The molecule has 100 heavy (non-hydrogen) atoms. The number of halogens is 7. The number of benzene rings is 4. The van der Waals surface area contributed by atoms with E-state index in [1.165, 1.54) is 54.8 Å². The first-order valence-corrected chi connectivity index (χ1v) is 33.3. The lowest BCUT2D eigenvalue weighted by atomic mass is 9.82. The van der Waals surface area contributed by atoms with Gasteiger partial charge in [-0.1, -0.05) is 58.3 Å². The summed E-state index contributed by atoms with van der Waals surface area (Å²) in [6.07, 6.45) is 17.8. The van der Waals surface area contributed by atoms with Gasteiger partial charge in [0.25, 0.3) is 0 Å². The molecule has 9 heterocycles. The molecule has 1 aliphatic heterocycles. The maximum Gasteiger partial charge on any atom is 0.499 e. The van der Waals surface area contributed by atoms with Gasteiger partial charge in [-0.15, -0.1) is 0 Å². The quantitative estimate of drug-likeness (QED) is 0.0336. The average Bonchev–Trinajstić information content (AvgIpc) is 1.59. The van der Waals surface area contributed by atoms with Gasteiger partial charge in [0.1, 0.15) is 44.9 Å². The fourth-order valence-electron chi connectivity index (χ4n) is 11.0. The summed E-state index contributed by atoms with van der Waals surface area (Å²) in [6.45, 7) is 8.06. The highest BCUT2D eigenvalue weighted by Gasteiger charge is 2.56. The molecule has 4 aromatic carbocycles. The Morgan fingerprint density at radius 3 is 1.32 bits per heavy atom. The molecule has 0 atom stereocenters. The van der Waals surface area contributed by atoms with Crippen LogP contribution in [0.2, 0.25) is 5.02 Å². The number of carbonyl (C=O) groups excluding carboxylic acids is 4. The van der Waals surface area contributed by atoms with Gasteiger partial charge in [-0.05, 0) is 192 Å². The molecule has 18 nitrogen and oxygen atoms in total. The van der Waals surface area contributed by atoms with Crippen molar-refractivity contribution < 1.29 is 64.6 Å². The Morgan fingerprint density at radius 1 is 0.470 bits per heavy atom. The zero-order valence-corrected chi connectivity index (χ0v) is 57.8. The van der Waals surface area contributed by atoms with Crippen molar-refractivity contribution >= 4 is 112 Å². The molecule has 0 N–H and O–H groups in total. The molecule has 506 valence electrons. The summed E-state index contributed by atoms with van der Waals surface area (Å²) in [5.41, 5.74) is 3.77. The van der Waals surface area contributed by atoms with Crippen molar-refractivity contribution in [2.24, 2.45) is 10.8 Å². The van der Waals surface area contributed by atoms with Crippen molar-refractivity contribution in [1.29, 1.82) is 0 Å². The number of fused-ring (bicyclic) bond motifs is 3. The molecule has 2 saturated carbocycles. The van der Waals surface area contributed by atoms with Crippen LogP contribution in [0.25, 0.3) is 44.0 Å². The third kappa shape index (κ3) is 16.1. The Kier molecular flexibility index (Phi) is 20.7. The van der Waals surface area contributed by atoms with Crippen molar-refractivity contribution in [3.8, 4) is 34.3 Å². The van der Waals surface area contributed by atoms with E-state index in [1.807, 2.05) is 33.8 Å². The van der Waals surface area contributed by atoms with Gasteiger partial charge in [-0.2, -0.15) is 0 Å². The van der Waals surface area contributed by atoms with E-state index in [4.69, 9.17) is 39.4 Å². The summed E-state index contributed by atoms with van der Waals surface area (Å²) < 4.78 is 90.4. The molecule has 3 aliphatic rings. The van der Waals surface area contributed by atoms with E-state index in [0.29, 0.717) is 102 Å². The molecule has 0 spiro atoms. The van der Waals surface area contributed by atoms with Crippen LogP contribution in [0.1, 0.15) is 75.6 Å². The van der Waals surface area contributed by atoms with Gasteiger partial charge in [0.05, 0.1) is 78.0 Å². The number of ether oxygens (including phenoxy) is 2. The van der Waals surface area contributed by atoms with E-state index < -0.39 is 22.5 Å². The van der Waals surface area contributed by atoms with Gasteiger partial charge >= 0.3 is 7.12 Å². The Labute approximate surface area is 591 Å². The van der Waals surface area contributed by atoms with Gasteiger partial charge in [-0.3, -0.25) is 39.1 Å². The predicted octanol–water partition coefficient (Wildman–Crippen LogP) is 16.2. The number of carbonyl (C=O) groups is 4. The normalized spacial score (nSPS) is 14.9. The summed E-state index contributed by atoms with van der Waals surface area (Å²) >= 11 is 12.5. The molecule has 2 aliphatic carbocycles. The van der Waals surface area contributed by atoms with Crippen molar-refractivity contribution in [3.63, 3.8) is 0 Å². The zero-order valence-electron chi connectivity index (χ0n) is 53.9. The van der Waals surface area contributed by atoms with Crippen LogP contribution >= 0.6 is 43.5 Å². The number of ketones is 4. The molecule has 0 unspecified atom stereocenters. The predicted molar refractivity (Wildman–Crippen MR) is 371 cm³/mol. The lowest BCUT2D eigenvalue weighted by Gasteiger charge is -2.32. The molecule has 0 bridgehead atoms. The van der Waals surface area contributed by atoms with Crippen molar-refractivity contribution in [2.45, 2.75) is 90.3 Å². The molecular formula is C74H58BBr2ClF4N8O10. The van der Waals surface area contributed by atoms with E-state index in [9.17, 15) is 32.3 Å². The van der Waals surface area contributed by atoms with Crippen LogP contribution in [0.5, 0.6) is 23.0 Å². The molecule has 1 saturated heterocycles. The van der Waals surface area contributed by atoms with Crippen LogP contribution in [-0.4, -0.2) is 81.7 Å². The van der Waals surface area contributed by atoms with Crippen LogP contribution in [0, 0.1) is 34.1 Å². The minimum atomic E-state index is -1.05. The lowest BCUT2D eigenvalue weighted by molar-refractivity contribution is -0.135. The Morgan fingerprint density at radius 2 is 0.880 bits per heavy atom. The Balaban J connectivity index is 0.000000140. The minimum Gasteiger partial charge on any atom is -0.453 e. The SMILES string of the molecule is CC1(C)OB(c2cnoc2)OC1(C)C.Clc1ccnc2cc(Br)ncc12.O=C(Cc1ccc(F)cc1)C1(C(=O)Cc2ccc(Oc3ccnc4cc(-c5cnoc5)ncc34)c(F)c2)CC1.O=C(Cc1ccc(F)cc1)C1(C(=O)Cc2ccc(Oc3ccnc4cc(Br)ncc34)c(F)c2)CC1. The van der Waals surface area contributed by atoms with Crippen molar-refractivity contribution in [2.75, 3.05) is 0 Å². The molecule has 0 amide bonds. The van der Waals surface area contributed by atoms with Crippen LogP contribution in [0.4, 0.5) is 17.6 Å². The highest BCUT2D eigenvalue weighted by molar-refractivity contribution is 9.10. The highest BCUT2D eigenvalue weighted by Crippen LogP contribution is 2.50. The molecule has 12 aromatic rings. The minimum absolute atomic E-state index is 0.00476. The molecule has 15 rings (SSSR count). The number of aromatic nitrogens is 8. The Bertz CT molecular complexity index is 5020. The first-order valence-electron chi connectivity index (χ1n) is 31.3. The summed E-state index contributed by atoms with van der Waals surface area (Å²) in [7, 11) is -0.369. The third-order valence-electron chi connectivity index (χ3n) is 17.7. The lowest BCUT2D eigenvalue weighted by Crippen LogP contribution is -2.41. The van der Waals surface area contributed by atoms with Crippen molar-refractivity contribution in [1.82, 2.24) is 40.2 Å². The second-order valence-electron chi connectivity index (χ2n) is 25.1. The van der Waals surface area contributed by atoms with E-state index in [0.717, 1.165) is 21.0 Å². The van der Waals surface area contributed by atoms with Crippen molar-refractivity contribution in [3.05, 3.63) is 243 Å². The van der Waals surface area contributed by atoms with E-state index in [2.05, 4.69) is 72.1 Å². The number of hydrogen-bond acceptors (Lipinski definition) is 18. The topological polar surface area (TPSA) is 235 Å². The smallest absolute Gasteiger partial charge is 0.453 e. The number of pyridine rings is 6. The van der Waals surface area contributed by atoms with Gasteiger partial charge in [0, 0.05) is 73.7 Å². The summed E-state index contributed by atoms with van der Waals surface area (Å²) in [6, 6.07) is 30.3. The summed E-state index contributed by atoms with van der Waals surface area (Å²) in [5.74, 6) is -2.10. The number of rotatable bonds is 18. The fraction of sp³-hybridized carbons (Fsp3) is 0.216. The van der Waals surface area contributed by atoms with E-state index in [-0.39, 0.29) is 90.3 Å².